The number of phenols is 1. The maximum absolute atomic E-state index is 12.9. The predicted molar refractivity (Wildman–Crippen MR) is 150 cm³/mol. The van der Waals surface area contributed by atoms with Crippen LogP contribution >= 0.6 is 0 Å². The zero-order valence-electron chi connectivity index (χ0n) is 22.6. The topological polar surface area (TPSA) is 68.2 Å². The van der Waals surface area contributed by atoms with Crippen LogP contribution in [0.3, 0.4) is 0 Å². The summed E-state index contributed by atoms with van der Waals surface area (Å²) in [6.07, 6.45) is -0.286. The lowest BCUT2D eigenvalue weighted by Crippen LogP contribution is -2.43. The number of ketones is 1. The van der Waals surface area contributed by atoms with Crippen molar-refractivity contribution in [3.63, 3.8) is 0 Å². The Morgan fingerprint density at radius 1 is 1.03 bits per heavy atom. The van der Waals surface area contributed by atoms with Gasteiger partial charge in [0.1, 0.15) is 41.3 Å². The van der Waals surface area contributed by atoms with Crippen LogP contribution in [0.15, 0.2) is 66.7 Å². The third-order valence-corrected chi connectivity index (χ3v) is 11.7. The third kappa shape index (κ3) is 6.10. The molecule has 37 heavy (non-hydrogen) atoms. The molecule has 0 amide bonds. The highest BCUT2D eigenvalue weighted by Gasteiger charge is 2.39. The zero-order valence-corrected chi connectivity index (χ0v) is 23.6. The van der Waals surface area contributed by atoms with Gasteiger partial charge in [-0.1, -0.05) is 51.1 Å². The quantitative estimate of drug-likeness (QED) is 0.323. The lowest BCUT2D eigenvalue weighted by atomic mass is 9.95. The summed E-state index contributed by atoms with van der Waals surface area (Å²) in [5.41, 5.74) is 2.19. The van der Waals surface area contributed by atoms with Crippen molar-refractivity contribution in [2.24, 2.45) is 0 Å². The molecule has 0 spiro atoms. The molecule has 0 aromatic heterocycles. The summed E-state index contributed by atoms with van der Waals surface area (Å²) in [7, 11) is 0.0565. The number of anilines is 1. The molecule has 1 unspecified atom stereocenters. The average Bonchev–Trinajstić information content (AvgIpc) is 2.83. The summed E-state index contributed by atoms with van der Waals surface area (Å²) < 4.78 is 18.5. The van der Waals surface area contributed by atoms with E-state index in [1.54, 1.807) is 6.07 Å². The Balaban J connectivity index is 1.44. The van der Waals surface area contributed by atoms with Gasteiger partial charge in [-0.05, 0) is 48.0 Å². The van der Waals surface area contributed by atoms with Crippen LogP contribution in [0.1, 0.15) is 49.2 Å². The number of nitrogens with zero attached hydrogens (tertiary/aromatic N) is 1. The lowest BCUT2D eigenvalue weighted by molar-refractivity contribution is 0.0844. The summed E-state index contributed by atoms with van der Waals surface area (Å²) in [6, 6.07) is 21.0. The summed E-state index contributed by atoms with van der Waals surface area (Å²) in [5, 5.41) is 10.7. The second-order valence-electron chi connectivity index (χ2n) is 11.1. The Hall–Kier alpha value is -3.45. The monoisotopic (exact) mass is 519 g/mol. The molecule has 1 N–H and O–H groups in total. The normalized spacial score (nSPS) is 15.5. The van der Waals surface area contributed by atoms with Gasteiger partial charge < -0.3 is 23.9 Å². The van der Waals surface area contributed by atoms with Crippen LogP contribution in [0.4, 0.5) is 5.69 Å². The van der Waals surface area contributed by atoms with Crippen LogP contribution in [-0.2, 0) is 0 Å². The Bertz CT molecular complexity index is 1240. The van der Waals surface area contributed by atoms with Crippen LogP contribution < -0.4 is 18.8 Å². The number of Topliss-reactive ketones (excluding diaryl/α,β-unsaturated/α-hetero) is 1. The van der Waals surface area contributed by atoms with Crippen LogP contribution in [0, 0.1) is 0 Å². The number of hydrogen-bond donors (Lipinski definition) is 1. The number of phenolic OH excluding ortho intramolecular Hbond substituents is 1. The Morgan fingerprint density at radius 2 is 1.70 bits per heavy atom. The van der Waals surface area contributed by atoms with E-state index in [-0.39, 0.29) is 28.6 Å². The number of aromatic hydroxyl groups is 1. The molecule has 3 aromatic rings. The van der Waals surface area contributed by atoms with Gasteiger partial charge in [-0.25, -0.2) is 0 Å². The number of hydrogen-bond acceptors (Lipinski definition) is 6. The second kappa shape index (κ2) is 10.5. The maximum Gasteiger partial charge on any atom is 0.250 e. The molecule has 0 fully saturated rings. The van der Waals surface area contributed by atoms with E-state index in [4.69, 9.17) is 13.9 Å². The predicted octanol–water partition coefficient (Wildman–Crippen LogP) is 7.00. The van der Waals surface area contributed by atoms with Gasteiger partial charge >= 0.3 is 0 Å². The first-order valence-electron chi connectivity index (χ1n) is 12.7. The second-order valence-corrected chi connectivity index (χ2v) is 15.8. The molecule has 196 valence electrons. The minimum atomic E-state index is -1.94. The van der Waals surface area contributed by atoms with Crippen molar-refractivity contribution in [2.45, 2.75) is 51.4 Å². The minimum Gasteiger partial charge on any atom is -0.544 e. The Kier molecular flexibility index (Phi) is 7.55. The summed E-state index contributed by atoms with van der Waals surface area (Å²) in [4.78, 5) is 15.0. The van der Waals surface area contributed by atoms with E-state index in [9.17, 15) is 9.90 Å². The molecule has 0 saturated carbocycles. The van der Waals surface area contributed by atoms with Gasteiger partial charge in [-0.15, -0.1) is 0 Å². The van der Waals surface area contributed by atoms with E-state index in [0.29, 0.717) is 24.7 Å². The molecular weight excluding hydrogens is 482 g/mol. The molecule has 0 saturated heterocycles. The number of benzene rings is 3. The number of carbonyl (C=O) groups excluding carboxylic acids is 1. The largest absolute Gasteiger partial charge is 0.544 e. The highest BCUT2D eigenvalue weighted by atomic mass is 28.4. The first-order chi connectivity index (χ1) is 17.4. The third-order valence-electron chi connectivity index (χ3n) is 7.30. The first kappa shape index (κ1) is 26.6. The zero-order chi connectivity index (χ0) is 26.8. The van der Waals surface area contributed by atoms with E-state index >= 15 is 0 Å². The summed E-state index contributed by atoms with van der Waals surface area (Å²) in [6.45, 7) is 12.1. The number of likely N-dealkylation sites (N-methyl/N-ethyl adjacent to an activating group) is 1. The van der Waals surface area contributed by atoms with Gasteiger partial charge in [-0.3, -0.25) is 4.79 Å². The van der Waals surface area contributed by atoms with Crippen molar-refractivity contribution in [1.82, 2.24) is 0 Å². The van der Waals surface area contributed by atoms with E-state index < -0.39 is 14.4 Å². The number of para-hydroxylation sites is 1. The number of ether oxygens (including phenoxy) is 2. The van der Waals surface area contributed by atoms with Crippen molar-refractivity contribution in [3.05, 3.63) is 77.9 Å². The molecule has 1 aliphatic heterocycles. The van der Waals surface area contributed by atoms with Gasteiger partial charge in [0.15, 0.2) is 5.78 Å². The van der Waals surface area contributed by atoms with Gasteiger partial charge in [0.25, 0.3) is 0 Å². The van der Waals surface area contributed by atoms with Gasteiger partial charge in [0.2, 0.25) is 8.32 Å². The van der Waals surface area contributed by atoms with Crippen molar-refractivity contribution < 1.29 is 23.8 Å². The van der Waals surface area contributed by atoms with Crippen molar-refractivity contribution in [1.29, 1.82) is 0 Å². The molecule has 6 nitrogen and oxygen atoms in total. The maximum atomic E-state index is 12.9. The van der Waals surface area contributed by atoms with E-state index in [1.807, 2.05) is 61.6 Å². The van der Waals surface area contributed by atoms with Crippen LogP contribution in [0.2, 0.25) is 18.1 Å². The molecular formula is C30H37NO5Si. The van der Waals surface area contributed by atoms with Gasteiger partial charge in [-0.2, -0.15) is 0 Å². The average molecular weight is 520 g/mol. The minimum absolute atomic E-state index is 0.104. The molecule has 4 rings (SSSR count). The molecule has 0 radical (unpaired) electrons. The fourth-order valence-corrected chi connectivity index (χ4v) is 5.03. The van der Waals surface area contributed by atoms with Gasteiger partial charge in [0.05, 0.1) is 13.0 Å². The van der Waals surface area contributed by atoms with Crippen molar-refractivity contribution in [2.75, 3.05) is 25.1 Å². The van der Waals surface area contributed by atoms with E-state index in [2.05, 4.69) is 38.8 Å². The van der Waals surface area contributed by atoms with Crippen LogP contribution in [-0.4, -0.2) is 39.4 Å². The molecule has 7 heteroatoms. The molecule has 1 aliphatic rings. The van der Waals surface area contributed by atoms with Crippen molar-refractivity contribution >= 4 is 19.8 Å². The summed E-state index contributed by atoms with van der Waals surface area (Å²) in [5.74, 6) is 1.36. The smallest absolute Gasteiger partial charge is 0.250 e. The van der Waals surface area contributed by atoms with E-state index in [1.165, 1.54) is 6.07 Å². The van der Waals surface area contributed by atoms with Crippen LogP contribution in [0.5, 0.6) is 23.0 Å². The lowest BCUT2D eigenvalue weighted by Gasteiger charge is -2.36. The number of fused-ring (bicyclic) bond motifs is 1. The fraction of sp³-hybridized carbons (Fsp3) is 0.367. The van der Waals surface area contributed by atoms with Crippen molar-refractivity contribution in [3.8, 4) is 23.0 Å². The molecule has 1 atom stereocenters. The fourth-order valence-electron chi connectivity index (χ4n) is 3.99. The SMILES string of the molecule is CN(CCOc1cc(O)c2c(c1)OC(c1ccc(O[Si](C)(C)C(C)(C)C)cc1)CC2=O)c1ccccc1. The number of rotatable bonds is 8. The number of carbonyl (C=O) groups is 1. The summed E-state index contributed by atoms with van der Waals surface area (Å²) >= 11 is 0. The molecule has 0 aliphatic carbocycles. The molecule has 3 aromatic carbocycles. The van der Waals surface area contributed by atoms with Gasteiger partial charge in [0, 0.05) is 24.9 Å². The highest BCUT2D eigenvalue weighted by Crippen LogP contribution is 2.42. The molecule has 0 bridgehead atoms. The standard InChI is InChI=1S/C30H37NO5Si/c1-30(2,3)37(5,6)36-23-14-12-21(13-15-23)27-20-26(33)29-25(32)18-24(19-28(29)35-27)34-17-16-31(4)22-10-8-7-9-11-22/h7-15,18-19,27,32H,16-17,20H2,1-6H3. The molecule has 1 heterocycles. The highest BCUT2D eigenvalue weighted by molar-refractivity contribution is 6.74. The first-order valence-corrected chi connectivity index (χ1v) is 15.6. The Morgan fingerprint density at radius 3 is 2.35 bits per heavy atom. The van der Waals surface area contributed by atoms with E-state index in [0.717, 1.165) is 17.0 Å². The van der Waals surface area contributed by atoms with Crippen LogP contribution in [0.25, 0.3) is 0 Å². The Labute approximate surface area is 220 Å².